The molecular formula is C13H15ClN2O. The first-order valence-corrected chi connectivity index (χ1v) is 6.03. The quantitative estimate of drug-likeness (QED) is 0.846. The number of hydrogen-bond acceptors (Lipinski definition) is 3. The number of rotatable bonds is 4. The van der Waals surface area contributed by atoms with Crippen molar-refractivity contribution in [2.45, 2.75) is 13.0 Å². The van der Waals surface area contributed by atoms with Crippen LogP contribution in [0.25, 0.3) is 10.8 Å². The maximum atomic E-state index is 5.79. The molecule has 3 nitrogen and oxygen atoms in total. The van der Waals surface area contributed by atoms with E-state index < -0.39 is 0 Å². The van der Waals surface area contributed by atoms with Crippen molar-refractivity contribution in [3.63, 3.8) is 0 Å². The smallest absolute Gasteiger partial charge is 0.134 e. The molecule has 0 aliphatic heterocycles. The first-order chi connectivity index (χ1) is 8.24. The lowest BCUT2D eigenvalue weighted by Crippen LogP contribution is -2.17. The van der Waals surface area contributed by atoms with Crippen LogP contribution in [0.4, 0.5) is 5.82 Å². The Bertz CT molecular complexity index is 516. The van der Waals surface area contributed by atoms with Crippen molar-refractivity contribution >= 4 is 28.2 Å². The molecule has 1 aromatic heterocycles. The van der Waals surface area contributed by atoms with Crippen LogP contribution in [0.15, 0.2) is 30.5 Å². The van der Waals surface area contributed by atoms with Crippen LogP contribution in [-0.2, 0) is 0 Å². The van der Waals surface area contributed by atoms with Gasteiger partial charge in [0.15, 0.2) is 0 Å². The van der Waals surface area contributed by atoms with Gasteiger partial charge in [0.2, 0.25) is 0 Å². The fraction of sp³-hybridized carbons (Fsp3) is 0.308. The Labute approximate surface area is 106 Å². The third-order valence-electron chi connectivity index (χ3n) is 2.59. The predicted octanol–water partition coefficient (Wildman–Crippen LogP) is 3.28. The molecule has 1 atom stereocenters. The minimum atomic E-state index is 0.192. The van der Waals surface area contributed by atoms with E-state index in [1.807, 2.05) is 31.2 Å². The zero-order valence-corrected chi connectivity index (χ0v) is 10.7. The first-order valence-electron chi connectivity index (χ1n) is 5.50. The molecule has 90 valence electrons. The van der Waals surface area contributed by atoms with Gasteiger partial charge in [-0.3, -0.25) is 0 Å². The van der Waals surface area contributed by atoms with Gasteiger partial charge in [-0.2, -0.15) is 0 Å². The maximum Gasteiger partial charge on any atom is 0.134 e. The van der Waals surface area contributed by atoms with Crippen LogP contribution in [0.1, 0.15) is 6.92 Å². The number of methoxy groups -OCH3 is 1. The highest BCUT2D eigenvalue weighted by molar-refractivity contribution is 6.18. The molecule has 0 fully saturated rings. The SMILES string of the molecule is COc1ccc2c(NC(C)CCl)nccc2c1. The topological polar surface area (TPSA) is 34.1 Å². The monoisotopic (exact) mass is 250 g/mol. The van der Waals surface area contributed by atoms with Crippen LogP contribution < -0.4 is 10.1 Å². The zero-order chi connectivity index (χ0) is 12.3. The lowest BCUT2D eigenvalue weighted by molar-refractivity contribution is 0.415. The van der Waals surface area contributed by atoms with Crippen LogP contribution in [-0.4, -0.2) is 24.0 Å². The summed E-state index contributed by atoms with van der Waals surface area (Å²) in [6.45, 7) is 2.02. The fourth-order valence-corrected chi connectivity index (χ4v) is 1.75. The van der Waals surface area contributed by atoms with E-state index in [0.717, 1.165) is 22.3 Å². The molecule has 0 radical (unpaired) electrons. The van der Waals surface area contributed by atoms with E-state index in [9.17, 15) is 0 Å². The second-order valence-corrected chi connectivity index (χ2v) is 4.25. The number of anilines is 1. The lowest BCUT2D eigenvalue weighted by Gasteiger charge is -2.13. The molecule has 0 saturated heterocycles. The summed E-state index contributed by atoms with van der Waals surface area (Å²) in [5, 5.41) is 5.46. The number of benzene rings is 1. The van der Waals surface area contributed by atoms with Crippen LogP contribution >= 0.6 is 11.6 Å². The standard InChI is InChI=1S/C13H15ClN2O/c1-9(8-14)16-13-12-4-3-11(17-2)7-10(12)5-6-15-13/h3-7,9H,8H2,1-2H3,(H,15,16). The molecular weight excluding hydrogens is 236 g/mol. The van der Waals surface area contributed by atoms with Gasteiger partial charge >= 0.3 is 0 Å². The summed E-state index contributed by atoms with van der Waals surface area (Å²) in [4.78, 5) is 4.34. The summed E-state index contributed by atoms with van der Waals surface area (Å²) in [5.74, 6) is 2.26. The number of alkyl halides is 1. The Kier molecular flexibility index (Phi) is 3.69. The van der Waals surface area contributed by atoms with E-state index in [4.69, 9.17) is 16.3 Å². The van der Waals surface area contributed by atoms with Crippen molar-refractivity contribution < 1.29 is 4.74 Å². The molecule has 1 N–H and O–H groups in total. The van der Waals surface area contributed by atoms with Crippen LogP contribution in [0.2, 0.25) is 0 Å². The first kappa shape index (κ1) is 12.0. The average molecular weight is 251 g/mol. The summed E-state index contributed by atoms with van der Waals surface area (Å²) >= 11 is 5.79. The number of aromatic nitrogens is 1. The summed E-state index contributed by atoms with van der Waals surface area (Å²) in [6, 6.07) is 8.09. The Balaban J connectivity index is 2.43. The van der Waals surface area contributed by atoms with E-state index in [-0.39, 0.29) is 6.04 Å². The summed E-state index contributed by atoms with van der Waals surface area (Å²) in [7, 11) is 1.66. The lowest BCUT2D eigenvalue weighted by atomic mass is 10.1. The molecule has 0 saturated carbocycles. The number of pyridine rings is 1. The Morgan fingerprint density at radius 3 is 2.94 bits per heavy atom. The normalized spacial score (nSPS) is 12.4. The van der Waals surface area contributed by atoms with Gasteiger partial charge in [0, 0.05) is 23.5 Å². The van der Waals surface area contributed by atoms with E-state index in [0.29, 0.717) is 5.88 Å². The molecule has 1 heterocycles. The summed E-state index contributed by atoms with van der Waals surface area (Å²) in [5.41, 5.74) is 0. The minimum Gasteiger partial charge on any atom is -0.497 e. The van der Waals surface area contributed by atoms with Crippen molar-refractivity contribution in [2.24, 2.45) is 0 Å². The highest BCUT2D eigenvalue weighted by Gasteiger charge is 2.06. The minimum absolute atomic E-state index is 0.192. The molecule has 1 aromatic carbocycles. The van der Waals surface area contributed by atoms with Crippen molar-refractivity contribution in [1.82, 2.24) is 4.98 Å². The number of hydrogen-bond donors (Lipinski definition) is 1. The Morgan fingerprint density at radius 1 is 1.41 bits per heavy atom. The molecule has 0 amide bonds. The Hall–Kier alpha value is -1.48. The van der Waals surface area contributed by atoms with E-state index in [1.165, 1.54) is 0 Å². The third kappa shape index (κ3) is 2.61. The van der Waals surface area contributed by atoms with E-state index >= 15 is 0 Å². The van der Waals surface area contributed by atoms with Gasteiger partial charge in [-0.15, -0.1) is 11.6 Å². The number of nitrogens with zero attached hydrogens (tertiary/aromatic N) is 1. The highest BCUT2D eigenvalue weighted by Crippen LogP contribution is 2.25. The fourth-order valence-electron chi connectivity index (χ4n) is 1.67. The van der Waals surface area contributed by atoms with Crippen molar-refractivity contribution in [3.8, 4) is 5.75 Å². The van der Waals surface area contributed by atoms with Crippen LogP contribution in [0, 0.1) is 0 Å². The average Bonchev–Trinajstić information content (AvgIpc) is 2.38. The number of fused-ring (bicyclic) bond motifs is 1. The zero-order valence-electron chi connectivity index (χ0n) is 9.90. The van der Waals surface area contributed by atoms with Gasteiger partial charge in [0.05, 0.1) is 7.11 Å². The van der Waals surface area contributed by atoms with Gasteiger partial charge in [-0.1, -0.05) is 0 Å². The molecule has 4 heteroatoms. The largest absolute Gasteiger partial charge is 0.497 e. The van der Waals surface area contributed by atoms with Crippen molar-refractivity contribution in [3.05, 3.63) is 30.5 Å². The second kappa shape index (κ2) is 5.23. The van der Waals surface area contributed by atoms with Crippen LogP contribution in [0.5, 0.6) is 5.75 Å². The third-order valence-corrected chi connectivity index (χ3v) is 3.05. The number of nitrogens with one attached hydrogen (secondary N) is 1. The van der Waals surface area contributed by atoms with E-state index in [2.05, 4.69) is 10.3 Å². The van der Waals surface area contributed by atoms with Crippen molar-refractivity contribution in [1.29, 1.82) is 0 Å². The highest BCUT2D eigenvalue weighted by atomic mass is 35.5. The Morgan fingerprint density at radius 2 is 2.24 bits per heavy atom. The van der Waals surface area contributed by atoms with Gasteiger partial charge in [-0.25, -0.2) is 4.98 Å². The van der Waals surface area contributed by atoms with Crippen molar-refractivity contribution in [2.75, 3.05) is 18.3 Å². The molecule has 0 aliphatic carbocycles. The summed E-state index contributed by atoms with van der Waals surface area (Å²) < 4.78 is 5.20. The van der Waals surface area contributed by atoms with E-state index in [1.54, 1.807) is 13.3 Å². The molecule has 0 spiro atoms. The predicted molar refractivity (Wildman–Crippen MR) is 72.1 cm³/mol. The van der Waals surface area contributed by atoms with Gasteiger partial charge < -0.3 is 10.1 Å². The molecule has 2 aromatic rings. The van der Waals surface area contributed by atoms with Gasteiger partial charge in [0.25, 0.3) is 0 Å². The number of halogens is 1. The maximum absolute atomic E-state index is 5.79. The molecule has 2 rings (SSSR count). The van der Waals surface area contributed by atoms with Gasteiger partial charge in [0.1, 0.15) is 11.6 Å². The molecule has 0 bridgehead atoms. The molecule has 17 heavy (non-hydrogen) atoms. The molecule has 1 unspecified atom stereocenters. The molecule has 0 aliphatic rings. The number of ether oxygens (including phenoxy) is 1. The second-order valence-electron chi connectivity index (χ2n) is 3.95. The summed E-state index contributed by atoms with van der Waals surface area (Å²) in [6.07, 6.45) is 1.78. The van der Waals surface area contributed by atoms with Gasteiger partial charge in [-0.05, 0) is 36.6 Å². The van der Waals surface area contributed by atoms with Crippen LogP contribution in [0.3, 0.4) is 0 Å².